The highest BCUT2D eigenvalue weighted by Gasteiger charge is 2.37. The van der Waals surface area contributed by atoms with Crippen molar-refractivity contribution in [2.45, 2.75) is 133 Å². The van der Waals surface area contributed by atoms with Crippen LogP contribution < -0.4 is 0 Å². The van der Waals surface area contributed by atoms with E-state index in [1.807, 2.05) is 0 Å². The van der Waals surface area contributed by atoms with Crippen LogP contribution in [0.15, 0.2) is 12.2 Å². The molecule has 0 bridgehead atoms. The van der Waals surface area contributed by atoms with Crippen molar-refractivity contribution in [2.24, 2.45) is 0 Å². The van der Waals surface area contributed by atoms with Crippen LogP contribution in [0.5, 0.6) is 0 Å². The standard InChI is InChI=1S/C37H66O11/c1-6-8-9-10-11-12-13-14-15-35-32(44-28-41-25-22-38-3)20-21-37(48-35)34(46-30-43-27-24-40-5)19-18-33(45-29-42-26-23-39-4)36-17-16-31(7-2)47-36/h2,14-15,31-37H,6,8-13,16-30H2,1,3-5H3/b15-14-/t31-,32-,33+,34+,35+,36+,37+/m1/s1. The van der Waals surface area contributed by atoms with Crippen molar-refractivity contribution in [3.63, 3.8) is 0 Å². The van der Waals surface area contributed by atoms with Crippen LogP contribution in [0.3, 0.4) is 0 Å². The molecule has 11 nitrogen and oxygen atoms in total. The number of unbranched alkanes of at least 4 members (excludes halogenated alkanes) is 6. The monoisotopic (exact) mass is 686 g/mol. The van der Waals surface area contributed by atoms with Gasteiger partial charge in [0, 0.05) is 21.3 Å². The van der Waals surface area contributed by atoms with Gasteiger partial charge in [-0.3, -0.25) is 0 Å². The SMILES string of the molecule is C#C[C@@H]1CC[C@@H]([C@H](CC[C@H](OCOCCOC)[C@@H]2CC[C@@H](OCOCCOC)[C@H](/C=C\CCCCCCCC)O2)OCOCCOC)O1. The highest BCUT2D eigenvalue weighted by molar-refractivity contribution is 5.00. The first kappa shape index (κ1) is 43.0. The fourth-order valence-electron chi connectivity index (χ4n) is 5.89. The van der Waals surface area contributed by atoms with Crippen LogP contribution in [0.4, 0.5) is 0 Å². The third kappa shape index (κ3) is 19.3. The molecule has 0 aromatic carbocycles. The molecule has 0 saturated carbocycles. The van der Waals surface area contributed by atoms with Crippen LogP contribution in [0.25, 0.3) is 0 Å². The number of rotatable bonds is 31. The van der Waals surface area contributed by atoms with E-state index in [1.54, 1.807) is 21.3 Å². The third-order valence-corrected chi connectivity index (χ3v) is 8.68. The summed E-state index contributed by atoms with van der Waals surface area (Å²) in [5.74, 6) is 2.73. The van der Waals surface area contributed by atoms with Gasteiger partial charge in [-0.25, -0.2) is 0 Å². The first-order chi connectivity index (χ1) is 23.7. The fraction of sp³-hybridized carbons (Fsp3) is 0.892. The number of ether oxygens (including phenoxy) is 11. The molecule has 0 aromatic heterocycles. The van der Waals surface area contributed by atoms with E-state index in [9.17, 15) is 0 Å². The average molecular weight is 687 g/mol. The molecule has 2 saturated heterocycles. The molecule has 0 unspecified atom stereocenters. The van der Waals surface area contributed by atoms with Crippen LogP contribution in [-0.2, 0) is 52.1 Å². The lowest BCUT2D eigenvalue weighted by molar-refractivity contribution is -0.205. The number of allylic oxidation sites excluding steroid dienone is 1. The van der Waals surface area contributed by atoms with Gasteiger partial charge in [-0.15, -0.1) is 6.42 Å². The summed E-state index contributed by atoms with van der Waals surface area (Å²) in [6.45, 7) is 5.66. The minimum Gasteiger partial charge on any atom is -0.382 e. The van der Waals surface area contributed by atoms with Gasteiger partial charge in [0.1, 0.15) is 32.6 Å². The molecule has 7 atom stereocenters. The maximum Gasteiger partial charge on any atom is 0.147 e. The van der Waals surface area contributed by atoms with Crippen molar-refractivity contribution in [1.82, 2.24) is 0 Å². The minimum absolute atomic E-state index is 0.114. The van der Waals surface area contributed by atoms with Gasteiger partial charge in [-0.2, -0.15) is 0 Å². The molecule has 2 rings (SSSR count). The second kappa shape index (κ2) is 29.6. The van der Waals surface area contributed by atoms with Gasteiger partial charge in [0.2, 0.25) is 0 Å². The zero-order valence-electron chi connectivity index (χ0n) is 30.3. The van der Waals surface area contributed by atoms with E-state index >= 15 is 0 Å². The van der Waals surface area contributed by atoms with Gasteiger partial charge in [-0.05, 0) is 51.4 Å². The lowest BCUT2D eigenvalue weighted by atomic mass is 9.93. The van der Waals surface area contributed by atoms with Crippen LogP contribution >= 0.6 is 0 Å². The number of hydrogen-bond donors (Lipinski definition) is 0. The molecule has 2 heterocycles. The summed E-state index contributed by atoms with van der Waals surface area (Å²) < 4.78 is 63.9. The summed E-state index contributed by atoms with van der Waals surface area (Å²) in [7, 11) is 4.96. The normalized spacial score (nSPS) is 24.3. The number of terminal acetylenes is 1. The van der Waals surface area contributed by atoms with Crippen molar-refractivity contribution in [2.75, 3.05) is 81.3 Å². The van der Waals surface area contributed by atoms with Crippen molar-refractivity contribution in [3.8, 4) is 12.3 Å². The number of methoxy groups -OCH3 is 3. The Hall–Kier alpha value is -1.14. The lowest BCUT2D eigenvalue weighted by Gasteiger charge is -2.39. The summed E-state index contributed by atoms with van der Waals surface area (Å²) in [6, 6.07) is 0. The Kier molecular flexibility index (Phi) is 26.5. The third-order valence-electron chi connectivity index (χ3n) is 8.68. The van der Waals surface area contributed by atoms with E-state index in [-0.39, 0.29) is 63.1 Å². The molecule has 0 N–H and O–H groups in total. The molecule has 0 aromatic rings. The number of hydrogen-bond acceptors (Lipinski definition) is 11. The Labute approximate surface area is 290 Å². The van der Waals surface area contributed by atoms with E-state index in [2.05, 4.69) is 25.0 Å². The van der Waals surface area contributed by atoms with Crippen LogP contribution in [0.2, 0.25) is 0 Å². The molecule has 2 fully saturated rings. The highest BCUT2D eigenvalue weighted by Crippen LogP contribution is 2.31. The molecule has 48 heavy (non-hydrogen) atoms. The van der Waals surface area contributed by atoms with Crippen molar-refractivity contribution in [3.05, 3.63) is 12.2 Å². The van der Waals surface area contributed by atoms with Crippen LogP contribution in [-0.4, -0.2) is 124 Å². The van der Waals surface area contributed by atoms with E-state index < -0.39 is 0 Å². The highest BCUT2D eigenvalue weighted by atomic mass is 16.7. The molecule has 0 spiro atoms. The molecule has 2 aliphatic rings. The molecule has 11 heteroatoms. The topological polar surface area (TPSA) is 102 Å². The summed E-state index contributed by atoms with van der Waals surface area (Å²) in [6.07, 6.45) is 22.1. The molecule has 0 amide bonds. The van der Waals surface area contributed by atoms with Crippen LogP contribution in [0.1, 0.15) is 90.4 Å². The summed E-state index contributed by atoms with van der Waals surface area (Å²) in [5, 5.41) is 0. The first-order valence-corrected chi connectivity index (χ1v) is 18.1. The minimum atomic E-state index is -0.230. The maximum absolute atomic E-state index is 6.76. The predicted molar refractivity (Wildman–Crippen MR) is 184 cm³/mol. The Morgan fingerprint density at radius 1 is 0.688 bits per heavy atom. The van der Waals surface area contributed by atoms with Gasteiger partial charge >= 0.3 is 0 Å². The Morgan fingerprint density at radius 2 is 1.25 bits per heavy atom. The Bertz CT molecular complexity index is 807. The van der Waals surface area contributed by atoms with Crippen LogP contribution in [0, 0.1) is 12.3 Å². The summed E-state index contributed by atoms with van der Waals surface area (Å²) in [5.41, 5.74) is 0. The van der Waals surface area contributed by atoms with E-state index in [4.69, 9.17) is 58.5 Å². The van der Waals surface area contributed by atoms with E-state index in [0.29, 0.717) is 52.5 Å². The smallest absolute Gasteiger partial charge is 0.147 e. The zero-order chi connectivity index (χ0) is 34.5. The van der Waals surface area contributed by atoms with Gasteiger partial charge < -0.3 is 52.1 Å². The van der Waals surface area contributed by atoms with Crippen molar-refractivity contribution >= 4 is 0 Å². The van der Waals surface area contributed by atoms with Gasteiger partial charge in [-0.1, -0.05) is 57.1 Å². The lowest BCUT2D eigenvalue weighted by Crippen LogP contribution is -2.46. The molecule has 0 radical (unpaired) electrons. The molecule has 0 aliphatic carbocycles. The van der Waals surface area contributed by atoms with Crippen molar-refractivity contribution in [1.29, 1.82) is 0 Å². The van der Waals surface area contributed by atoms with Crippen molar-refractivity contribution < 1.29 is 52.1 Å². The second-order valence-corrected chi connectivity index (χ2v) is 12.4. The molecule has 280 valence electrons. The predicted octanol–water partition coefficient (Wildman–Crippen LogP) is 5.82. The van der Waals surface area contributed by atoms with Gasteiger partial charge in [0.15, 0.2) is 0 Å². The first-order valence-electron chi connectivity index (χ1n) is 18.1. The largest absolute Gasteiger partial charge is 0.382 e. The molecular weight excluding hydrogens is 620 g/mol. The average Bonchev–Trinajstić information content (AvgIpc) is 3.59. The zero-order valence-corrected chi connectivity index (χ0v) is 30.3. The summed E-state index contributed by atoms with van der Waals surface area (Å²) >= 11 is 0. The summed E-state index contributed by atoms with van der Waals surface area (Å²) in [4.78, 5) is 0. The molecule has 2 aliphatic heterocycles. The quantitative estimate of drug-likeness (QED) is 0.0382. The maximum atomic E-state index is 6.76. The Morgan fingerprint density at radius 3 is 1.83 bits per heavy atom. The van der Waals surface area contributed by atoms with E-state index in [1.165, 1.54) is 38.5 Å². The second-order valence-electron chi connectivity index (χ2n) is 12.4. The Balaban J connectivity index is 2.07. The van der Waals surface area contributed by atoms with Gasteiger partial charge in [0.05, 0.1) is 70.2 Å². The van der Waals surface area contributed by atoms with E-state index in [0.717, 1.165) is 32.1 Å². The fourth-order valence-corrected chi connectivity index (χ4v) is 5.89. The molecular formula is C37H66O11. The van der Waals surface area contributed by atoms with Gasteiger partial charge in [0.25, 0.3) is 0 Å².